The molecule has 0 bridgehead atoms. The third kappa shape index (κ3) is 3.29. The first kappa shape index (κ1) is 18.7. The van der Waals surface area contributed by atoms with Crippen molar-refractivity contribution in [2.24, 2.45) is 13.0 Å². The summed E-state index contributed by atoms with van der Waals surface area (Å²) in [5, 5.41) is 0.150. The van der Waals surface area contributed by atoms with Crippen LogP contribution in [0.1, 0.15) is 24.3 Å². The summed E-state index contributed by atoms with van der Waals surface area (Å²) in [4.78, 5) is 30.4. The monoisotopic (exact) mass is 393 g/mol. The predicted octanol–water partition coefficient (Wildman–Crippen LogP) is 1.98. The van der Waals surface area contributed by atoms with E-state index in [9.17, 15) is 18.4 Å². The number of pyridine rings is 1. The van der Waals surface area contributed by atoms with Crippen molar-refractivity contribution in [1.29, 1.82) is 0 Å². The highest BCUT2D eigenvalue weighted by atomic mass is 32.2. The number of hydrogen-bond acceptors (Lipinski definition) is 5. The molecule has 0 aliphatic carbocycles. The summed E-state index contributed by atoms with van der Waals surface area (Å²) in [6.45, 7) is 4.37. The van der Waals surface area contributed by atoms with E-state index in [2.05, 4.69) is 4.98 Å². The van der Waals surface area contributed by atoms with Gasteiger partial charge >= 0.3 is 5.69 Å². The van der Waals surface area contributed by atoms with Crippen molar-refractivity contribution in [2.75, 3.05) is 0 Å². The van der Waals surface area contributed by atoms with Crippen molar-refractivity contribution in [3.05, 3.63) is 55.8 Å². The van der Waals surface area contributed by atoms with E-state index in [1.54, 1.807) is 18.5 Å². The van der Waals surface area contributed by atoms with E-state index in [0.29, 0.717) is 22.7 Å². The predicted molar refractivity (Wildman–Crippen MR) is 102 cm³/mol. The van der Waals surface area contributed by atoms with Crippen molar-refractivity contribution in [2.45, 2.75) is 31.7 Å². The summed E-state index contributed by atoms with van der Waals surface area (Å²) in [6, 6.07) is 3.65. The Bertz CT molecular complexity index is 1100. The Hall–Kier alpha value is -2.10. The van der Waals surface area contributed by atoms with Gasteiger partial charge in [0.05, 0.1) is 10.3 Å². The van der Waals surface area contributed by atoms with Gasteiger partial charge in [-0.1, -0.05) is 19.9 Å². The molecule has 26 heavy (non-hydrogen) atoms. The highest BCUT2D eigenvalue weighted by molar-refractivity contribution is 7.79. The molecule has 9 heteroatoms. The third-order valence-electron chi connectivity index (χ3n) is 4.01. The molecule has 0 spiro atoms. The van der Waals surface area contributed by atoms with E-state index in [0.717, 1.165) is 10.1 Å². The summed E-state index contributed by atoms with van der Waals surface area (Å²) in [6.07, 6.45) is 3.69. The summed E-state index contributed by atoms with van der Waals surface area (Å²) < 4.78 is 24.4. The summed E-state index contributed by atoms with van der Waals surface area (Å²) >= 11 is -1.12. The first-order chi connectivity index (χ1) is 12.3. The molecule has 0 aliphatic rings. The van der Waals surface area contributed by atoms with Gasteiger partial charge in [-0.15, -0.1) is 11.3 Å². The van der Waals surface area contributed by atoms with Gasteiger partial charge in [-0.2, -0.15) is 0 Å². The molecule has 0 aromatic carbocycles. The van der Waals surface area contributed by atoms with Crippen LogP contribution in [0.4, 0.5) is 0 Å². The zero-order valence-electron chi connectivity index (χ0n) is 14.6. The lowest BCUT2D eigenvalue weighted by Gasteiger charge is -2.11. The van der Waals surface area contributed by atoms with Gasteiger partial charge in [-0.3, -0.25) is 18.9 Å². The number of thiophene rings is 1. The maximum Gasteiger partial charge on any atom is 0.331 e. The Kier molecular flexibility index (Phi) is 5.22. The Morgan fingerprint density at radius 3 is 2.65 bits per heavy atom. The second kappa shape index (κ2) is 7.26. The topological polar surface area (TPSA) is 94.2 Å². The normalized spacial score (nSPS) is 12.8. The van der Waals surface area contributed by atoms with Crippen LogP contribution in [0, 0.1) is 5.92 Å². The maximum atomic E-state index is 12.7. The maximum absolute atomic E-state index is 12.7. The minimum Gasteiger partial charge on any atom is -0.302 e. The minimum atomic E-state index is -2.34. The molecule has 3 aromatic heterocycles. The van der Waals surface area contributed by atoms with Crippen LogP contribution in [-0.4, -0.2) is 22.9 Å². The van der Waals surface area contributed by atoms with Crippen LogP contribution in [0.2, 0.25) is 0 Å². The number of fused-ring (bicyclic) bond motifs is 1. The van der Waals surface area contributed by atoms with Crippen LogP contribution in [0.15, 0.2) is 39.0 Å². The Morgan fingerprint density at radius 1 is 1.35 bits per heavy atom. The van der Waals surface area contributed by atoms with E-state index in [1.165, 1.54) is 23.0 Å². The lowest BCUT2D eigenvalue weighted by Crippen LogP contribution is -2.38. The van der Waals surface area contributed by atoms with Gasteiger partial charge in [0.1, 0.15) is 4.83 Å². The van der Waals surface area contributed by atoms with Crippen molar-refractivity contribution >= 4 is 32.6 Å². The third-order valence-corrected chi connectivity index (χ3v) is 6.15. The average molecular weight is 393 g/mol. The fraction of sp³-hybridized carbons (Fsp3) is 0.353. The van der Waals surface area contributed by atoms with Gasteiger partial charge in [-0.25, -0.2) is 9.00 Å². The molecule has 3 rings (SSSR count). The van der Waals surface area contributed by atoms with Crippen molar-refractivity contribution in [1.82, 2.24) is 14.1 Å². The van der Waals surface area contributed by atoms with Gasteiger partial charge < -0.3 is 4.55 Å². The lowest BCUT2D eigenvalue weighted by atomic mass is 10.2. The second-order valence-electron chi connectivity index (χ2n) is 6.47. The molecule has 3 heterocycles. The molecule has 0 radical (unpaired) electrons. The van der Waals surface area contributed by atoms with E-state index in [1.807, 2.05) is 19.9 Å². The molecule has 1 unspecified atom stereocenters. The van der Waals surface area contributed by atoms with Crippen LogP contribution >= 0.6 is 11.3 Å². The van der Waals surface area contributed by atoms with E-state index < -0.39 is 22.3 Å². The molecule has 0 aliphatic heterocycles. The molecular formula is C17H19N3O4S2. The summed E-state index contributed by atoms with van der Waals surface area (Å²) in [5.74, 6) is 0.181. The first-order valence-corrected chi connectivity index (χ1v) is 9.98. The van der Waals surface area contributed by atoms with Crippen molar-refractivity contribution < 1.29 is 8.76 Å². The molecule has 1 N–H and O–H groups in total. The summed E-state index contributed by atoms with van der Waals surface area (Å²) in [5.41, 5.74) is -0.0999. The molecule has 0 amide bonds. The van der Waals surface area contributed by atoms with Crippen LogP contribution < -0.4 is 11.2 Å². The van der Waals surface area contributed by atoms with Crippen LogP contribution in [0.3, 0.4) is 0 Å². The van der Waals surface area contributed by atoms with Gasteiger partial charge in [0, 0.05) is 37.3 Å². The van der Waals surface area contributed by atoms with Gasteiger partial charge in [-0.05, 0) is 17.5 Å². The zero-order valence-corrected chi connectivity index (χ0v) is 16.3. The second-order valence-corrected chi connectivity index (χ2v) is 8.46. The quantitative estimate of drug-likeness (QED) is 0.669. The first-order valence-electron chi connectivity index (χ1n) is 8.06. The van der Waals surface area contributed by atoms with E-state index >= 15 is 0 Å². The molecule has 0 saturated carbocycles. The Morgan fingerprint density at radius 2 is 2.08 bits per heavy atom. The molecule has 138 valence electrons. The van der Waals surface area contributed by atoms with Crippen LogP contribution in [-0.2, 0) is 31.1 Å². The lowest BCUT2D eigenvalue weighted by molar-refractivity contribution is 0.504. The zero-order chi connectivity index (χ0) is 19.0. The van der Waals surface area contributed by atoms with Crippen LogP contribution in [0.5, 0.6) is 0 Å². The fourth-order valence-electron chi connectivity index (χ4n) is 2.87. The smallest absolute Gasteiger partial charge is 0.302 e. The minimum absolute atomic E-state index is 0.0898. The fourth-order valence-corrected chi connectivity index (χ4v) is 5.12. The van der Waals surface area contributed by atoms with Gasteiger partial charge in [0.15, 0.2) is 11.1 Å². The standard InChI is InChI=1S/C17H19N3O4S2/c1-10(2)9-20-16-13(15(21)19(3)17(20)22)14(26(23)24)12(25-16)7-11-5-4-6-18-8-11/h4-6,8,10H,7,9H2,1-3H3,(H,23,24). The molecule has 3 aromatic rings. The van der Waals surface area contributed by atoms with Crippen molar-refractivity contribution in [3.63, 3.8) is 0 Å². The number of nitrogens with zero attached hydrogens (tertiary/aromatic N) is 3. The summed E-state index contributed by atoms with van der Waals surface area (Å²) in [7, 11) is 1.39. The average Bonchev–Trinajstić information content (AvgIpc) is 2.96. The number of hydrogen-bond donors (Lipinski definition) is 1. The van der Waals surface area contributed by atoms with Gasteiger partial charge in [0.25, 0.3) is 5.56 Å². The largest absolute Gasteiger partial charge is 0.331 e. The molecule has 0 fully saturated rings. The molecule has 0 saturated heterocycles. The highest BCUT2D eigenvalue weighted by Gasteiger charge is 2.24. The molecular weight excluding hydrogens is 374 g/mol. The highest BCUT2D eigenvalue weighted by Crippen LogP contribution is 2.32. The number of rotatable bonds is 5. The van der Waals surface area contributed by atoms with Crippen LogP contribution in [0.25, 0.3) is 10.2 Å². The Balaban J connectivity index is 2.35. The number of aromatic nitrogens is 3. The molecule has 1 atom stereocenters. The SMILES string of the molecule is CC(C)Cn1c(=O)n(C)c(=O)c2c(S(=O)O)c(Cc3cccnc3)sc21. The molecule has 7 nitrogen and oxygen atoms in total. The van der Waals surface area contributed by atoms with Crippen molar-refractivity contribution in [3.8, 4) is 0 Å². The van der Waals surface area contributed by atoms with Gasteiger partial charge in [0.2, 0.25) is 0 Å². The Labute approximate surface area is 156 Å². The van der Waals surface area contributed by atoms with E-state index in [4.69, 9.17) is 0 Å². The van der Waals surface area contributed by atoms with E-state index in [-0.39, 0.29) is 16.2 Å².